The number of hydrogen-bond acceptors (Lipinski definition) is 4. The molecule has 1 aromatic carbocycles. The van der Waals surface area contributed by atoms with Crippen molar-refractivity contribution in [3.63, 3.8) is 0 Å². The number of rotatable bonds is 3. The Hall–Kier alpha value is -1.70. The summed E-state index contributed by atoms with van der Waals surface area (Å²) in [6.45, 7) is 0. The molecule has 6 nitrogen and oxygen atoms in total. The van der Waals surface area contributed by atoms with Gasteiger partial charge in [0.15, 0.2) is 0 Å². The molecule has 2 atom stereocenters. The highest BCUT2D eigenvalue weighted by molar-refractivity contribution is 7.89. The topological polar surface area (TPSA) is 115 Å². The Bertz CT molecular complexity index is 625. The van der Waals surface area contributed by atoms with Crippen molar-refractivity contribution in [2.75, 3.05) is 5.32 Å². The van der Waals surface area contributed by atoms with Gasteiger partial charge in [0.1, 0.15) is 0 Å². The van der Waals surface area contributed by atoms with Crippen molar-refractivity contribution in [2.45, 2.75) is 17.4 Å². The monoisotopic (exact) mass is 281 g/mol. The smallest absolute Gasteiger partial charge is 0.238 e. The minimum Gasteiger partial charge on any atom is -0.326 e. The fourth-order valence-corrected chi connectivity index (χ4v) is 2.47. The van der Waals surface area contributed by atoms with Gasteiger partial charge in [-0.05, 0) is 24.6 Å². The van der Waals surface area contributed by atoms with Gasteiger partial charge in [0.05, 0.1) is 10.8 Å². The molecule has 0 fully saturated rings. The lowest BCUT2D eigenvalue weighted by atomic mass is 10.1. The molecular weight excluding hydrogens is 266 g/mol. The number of sulfonamides is 1. The van der Waals surface area contributed by atoms with Crippen molar-refractivity contribution in [3.8, 4) is 0 Å². The number of nitrogens with one attached hydrogen (secondary N) is 1. The Balaban J connectivity index is 2.12. The lowest BCUT2D eigenvalue weighted by molar-refractivity contribution is -0.118. The number of benzene rings is 1. The minimum atomic E-state index is -3.77. The number of primary sulfonamides is 1. The third-order valence-electron chi connectivity index (χ3n) is 2.88. The SMILES string of the molecule is NC1C=CC(C(=O)Nc2cccc(S(N)(=O)=O)c2)C1. The predicted octanol–water partition coefficient (Wildman–Crippen LogP) is 0.176. The number of nitrogens with two attached hydrogens (primary N) is 2. The van der Waals surface area contributed by atoms with Crippen LogP contribution in [-0.2, 0) is 14.8 Å². The van der Waals surface area contributed by atoms with E-state index in [1.54, 1.807) is 18.2 Å². The van der Waals surface area contributed by atoms with Gasteiger partial charge in [-0.1, -0.05) is 18.2 Å². The molecule has 1 amide bonds. The molecule has 5 N–H and O–H groups in total. The molecule has 0 radical (unpaired) electrons. The van der Waals surface area contributed by atoms with Crippen molar-refractivity contribution in [1.29, 1.82) is 0 Å². The first-order chi connectivity index (χ1) is 8.86. The third-order valence-corrected chi connectivity index (χ3v) is 3.79. The molecule has 0 aliphatic heterocycles. The molecule has 0 saturated heterocycles. The summed E-state index contributed by atoms with van der Waals surface area (Å²) in [5, 5.41) is 7.68. The highest BCUT2D eigenvalue weighted by Crippen LogP contribution is 2.20. The van der Waals surface area contributed by atoms with Gasteiger partial charge in [-0.25, -0.2) is 13.6 Å². The molecule has 2 unspecified atom stereocenters. The van der Waals surface area contributed by atoms with E-state index in [1.807, 2.05) is 0 Å². The summed E-state index contributed by atoms with van der Waals surface area (Å²) in [5.41, 5.74) is 6.07. The highest BCUT2D eigenvalue weighted by Gasteiger charge is 2.22. The van der Waals surface area contributed by atoms with Crippen molar-refractivity contribution in [2.24, 2.45) is 16.8 Å². The summed E-state index contributed by atoms with van der Waals surface area (Å²) >= 11 is 0. The summed E-state index contributed by atoms with van der Waals surface area (Å²) in [7, 11) is -3.77. The Morgan fingerprint density at radius 1 is 1.32 bits per heavy atom. The number of anilines is 1. The Morgan fingerprint density at radius 2 is 2.05 bits per heavy atom. The van der Waals surface area contributed by atoms with Crippen LogP contribution in [0.5, 0.6) is 0 Å². The Labute approximate surface area is 111 Å². The van der Waals surface area contributed by atoms with E-state index in [4.69, 9.17) is 10.9 Å². The van der Waals surface area contributed by atoms with Crippen LogP contribution in [-0.4, -0.2) is 20.4 Å². The number of hydrogen-bond donors (Lipinski definition) is 3. The molecule has 0 aromatic heterocycles. The van der Waals surface area contributed by atoms with E-state index in [0.29, 0.717) is 12.1 Å². The Kier molecular flexibility index (Phi) is 3.70. The number of carbonyl (C=O) groups excluding carboxylic acids is 1. The molecule has 0 heterocycles. The normalized spacial score (nSPS) is 22.4. The molecule has 2 rings (SSSR count). The summed E-state index contributed by atoms with van der Waals surface area (Å²) in [5.74, 6) is -0.496. The minimum absolute atomic E-state index is 0.0380. The van der Waals surface area contributed by atoms with Gasteiger partial charge in [0.25, 0.3) is 0 Å². The van der Waals surface area contributed by atoms with E-state index >= 15 is 0 Å². The molecule has 1 aliphatic carbocycles. The molecule has 102 valence electrons. The molecule has 0 saturated carbocycles. The van der Waals surface area contributed by atoms with Gasteiger partial charge >= 0.3 is 0 Å². The lowest BCUT2D eigenvalue weighted by Crippen LogP contribution is -2.24. The zero-order chi connectivity index (χ0) is 14.0. The fraction of sp³-hybridized carbons (Fsp3) is 0.250. The summed E-state index contributed by atoms with van der Waals surface area (Å²) in [4.78, 5) is 11.9. The predicted molar refractivity (Wildman–Crippen MR) is 71.7 cm³/mol. The zero-order valence-corrected chi connectivity index (χ0v) is 10.9. The van der Waals surface area contributed by atoms with Crippen LogP contribution in [0.2, 0.25) is 0 Å². The number of carbonyl (C=O) groups is 1. The van der Waals surface area contributed by atoms with Crippen LogP contribution in [0.25, 0.3) is 0 Å². The molecule has 0 bridgehead atoms. The second-order valence-electron chi connectivity index (χ2n) is 4.45. The van der Waals surface area contributed by atoms with Gasteiger partial charge < -0.3 is 11.1 Å². The van der Waals surface area contributed by atoms with Gasteiger partial charge in [0.2, 0.25) is 15.9 Å². The fourth-order valence-electron chi connectivity index (χ4n) is 1.91. The van der Waals surface area contributed by atoms with Crippen LogP contribution >= 0.6 is 0 Å². The second kappa shape index (κ2) is 5.12. The summed E-state index contributed by atoms with van der Waals surface area (Å²) < 4.78 is 22.4. The molecule has 1 aromatic rings. The van der Waals surface area contributed by atoms with Crippen LogP contribution < -0.4 is 16.2 Å². The van der Waals surface area contributed by atoms with E-state index in [9.17, 15) is 13.2 Å². The average Bonchev–Trinajstić information content (AvgIpc) is 2.75. The van der Waals surface area contributed by atoms with E-state index < -0.39 is 10.0 Å². The van der Waals surface area contributed by atoms with E-state index in [2.05, 4.69) is 5.32 Å². The zero-order valence-electron chi connectivity index (χ0n) is 10.1. The molecule has 19 heavy (non-hydrogen) atoms. The largest absolute Gasteiger partial charge is 0.326 e. The van der Waals surface area contributed by atoms with Crippen molar-refractivity contribution >= 4 is 21.6 Å². The third kappa shape index (κ3) is 3.40. The second-order valence-corrected chi connectivity index (χ2v) is 6.01. The lowest BCUT2D eigenvalue weighted by Gasteiger charge is -2.11. The first-order valence-corrected chi connectivity index (χ1v) is 7.28. The maximum Gasteiger partial charge on any atom is 0.238 e. The van der Waals surface area contributed by atoms with Crippen molar-refractivity contribution < 1.29 is 13.2 Å². The Morgan fingerprint density at radius 3 is 2.63 bits per heavy atom. The van der Waals surface area contributed by atoms with E-state index in [0.717, 1.165) is 0 Å². The van der Waals surface area contributed by atoms with Crippen molar-refractivity contribution in [1.82, 2.24) is 0 Å². The molecular formula is C12H15N3O3S. The molecule has 0 spiro atoms. The highest BCUT2D eigenvalue weighted by atomic mass is 32.2. The molecule has 1 aliphatic rings. The number of amides is 1. The van der Waals surface area contributed by atoms with Gasteiger partial charge in [-0.3, -0.25) is 4.79 Å². The van der Waals surface area contributed by atoms with Gasteiger partial charge in [-0.15, -0.1) is 0 Å². The molecule has 7 heteroatoms. The van der Waals surface area contributed by atoms with Gasteiger partial charge in [-0.2, -0.15) is 0 Å². The first-order valence-electron chi connectivity index (χ1n) is 5.74. The van der Waals surface area contributed by atoms with Crippen LogP contribution in [0.3, 0.4) is 0 Å². The van der Waals surface area contributed by atoms with Crippen LogP contribution in [0.1, 0.15) is 6.42 Å². The summed E-state index contributed by atoms with van der Waals surface area (Å²) in [6.07, 6.45) is 4.09. The van der Waals surface area contributed by atoms with E-state index in [1.165, 1.54) is 18.2 Å². The summed E-state index contributed by atoms with van der Waals surface area (Å²) in [6, 6.07) is 5.71. The van der Waals surface area contributed by atoms with Crippen LogP contribution in [0.4, 0.5) is 5.69 Å². The first kappa shape index (κ1) is 13.7. The maximum atomic E-state index is 11.9. The quantitative estimate of drug-likeness (QED) is 0.685. The van der Waals surface area contributed by atoms with Gasteiger partial charge in [0, 0.05) is 11.7 Å². The standard InChI is InChI=1S/C12H15N3O3S/c13-9-5-4-8(6-9)12(16)15-10-2-1-3-11(7-10)19(14,17)18/h1-5,7-9H,6,13H2,(H,15,16)(H2,14,17,18). The van der Waals surface area contributed by atoms with Crippen LogP contribution in [0.15, 0.2) is 41.3 Å². The van der Waals surface area contributed by atoms with E-state index in [-0.39, 0.29) is 22.8 Å². The maximum absolute atomic E-state index is 11.9. The average molecular weight is 281 g/mol. The van der Waals surface area contributed by atoms with Crippen LogP contribution in [0, 0.1) is 5.92 Å². The van der Waals surface area contributed by atoms with Crippen molar-refractivity contribution in [3.05, 3.63) is 36.4 Å².